The van der Waals surface area contributed by atoms with E-state index < -0.39 is 4.25 Å². The Morgan fingerprint density at radius 2 is 0.783 bits per heavy atom. The Labute approximate surface area is 167 Å². The van der Waals surface area contributed by atoms with Crippen molar-refractivity contribution >= 4 is 71.1 Å². The van der Waals surface area contributed by atoms with E-state index in [1.807, 2.05) is 0 Å². The molecule has 3 rings (SSSR count). The van der Waals surface area contributed by atoms with Crippen molar-refractivity contribution in [2.75, 3.05) is 6.66 Å². The molecule has 0 heterocycles. The molecule has 23 heavy (non-hydrogen) atoms. The van der Waals surface area contributed by atoms with Gasteiger partial charge in [-0.15, -0.1) is 0 Å². The molecule has 0 aliphatic heterocycles. The predicted octanol–water partition coefficient (Wildman–Crippen LogP) is 5.71. The fraction of sp³-hybridized carbons (Fsp3) is 0.0526. The van der Waals surface area contributed by atoms with E-state index in [4.69, 9.17) is 0 Å². The van der Waals surface area contributed by atoms with Gasteiger partial charge >= 0.3 is 140 Å². The second kappa shape index (κ2) is 8.38. The van der Waals surface area contributed by atoms with Crippen LogP contribution in [-0.4, -0.2) is 6.66 Å². The van der Waals surface area contributed by atoms with E-state index >= 15 is 0 Å². The van der Waals surface area contributed by atoms with E-state index in [1.165, 1.54) is 15.9 Å². The topological polar surface area (TPSA) is 0 Å². The Hall–Kier alpha value is -0.0200. The van der Waals surface area contributed by atoms with Gasteiger partial charge in [0.15, 0.2) is 0 Å². The predicted molar refractivity (Wildman–Crippen MR) is 129 cm³/mol. The molecule has 0 amide bonds. The summed E-state index contributed by atoms with van der Waals surface area (Å²) in [6, 6.07) is 32.7. The van der Waals surface area contributed by atoms with Gasteiger partial charge in [0.25, 0.3) is 0 Å². The van der Waals surface area contributed by atoms with Gasteiger partial charge in [-0.25, -0.2) is 0 Å². The Morgan fingerprint density at radius 3 is 1.00 bits per heavy atom. The fourth-order valence-corrected chi connectivity index (χ4v) is 9.23. The first-order valence-corrected chi connectivity index (χ1v) is 16.9. The first-order valence-electron chi connectivity index (χ1n) is 7.24. The molecule has 3 aromatic rings. The van der Waals surface area contributed by atoms with Crippen LogP contribution in [0.1, 0.15) is 0 Å². The third-order valence-corrected chi connectivity index (χ3v) is 13.7. The van der Waals surface area contributed by atoms with Gasteiger partial charge in [0.2, 0.25) is 0 Å². The van der Waals surface area contributed by atoms with Crippen LogP contribution in [0, 0.1) is 0 Å². The molecule has 0 N–H and O–H groups in total. The van der Waals surface area contributed by atoms with Crippen LogP contribution in [0.3, 0.4) is 0 Å². The van der Waals surface area contributed by atoms with Crippen molar-refractivity contribution in [2.45, 2.75) is 0 Å². The van der Waals surface area contributed by atoms with E-state index in [-0.39, 0.29) is 0 Å². The van der Waals surface area contributed by atoms with Gasteiger partial charge < -0.3 is 0 Å². The zero-order valence-corrected chi connectivity index (χ0v) is 19.3. The van der Waals surface area contributed by atoms with Crippen LogP contribution in [0.4, 0.5) is 0 Å². The molecule has 0 aliphatic rings. The molecule has 0 saturated heterocycles. The summed E-state index contributed by atoms with van der Waals surface area (Å²) in [6.07, 6.45) is 0. The van der Waals surface area contributed by atoms with Crippen molar-refractivity contribution in [2.24, 2.45) is 0 Å². The summed E-state index contributed by atoms with van der Waals surface area (Å²) in [5, 5.41) is 4.25. The summed E-state index contributed by atoms with van der Waals surface area (Å²) in [6.45, 7) is 4.82. The first-order chi connectivity index (χ1) is 11.1. The van der Waals surface area contributed by atoms with Crippen LogP contribution in [0.25, 0.3) is 0 Å². The molecule has 0 bridgehead atoms. The van der Waals surface area contributed by atoms with Crippen molar-refractivity contribution < 1.29 is 0 Å². The summed E-state index contributed by atoms with van der Waals surface area (Å²) in [5.74, 6) is 0. The number of benzene rings is 3. The second-order valence-corrected chi connectivity index (χ2v) is 17.1. The van der Waals surface area contributed by atoms with Crippen LogP contribution in [0.15, 0.2) is 91.0 Å². The number of halogens is 2. The van der Waals surface area contributed by atoms with E-state index in [9.17, 15) is 0 Å². The molecule has 0 aliphatic carbocycles. The van der Waals surface area contributed by atoms with E-state index in [0.717, 1.165) is 0 Å². The zero-order chi connectivity index (χ0) is 16.8. The Morgan fingerprint density at radius 1 is 0.565 bits per heavy atom. The first kappa shape index (κ1) is 19.3. The van der Waals surface area contributed by atoms with Crippen molar-refractivity contribution in [3.05, 3.63) is 91.0 Å². The monoisotopic (exact) mass is 564 g/mol. The molecule has 1 atom stereocenters. The maximum absolute atomic E-state index is 2.74. The molecular weight excluding hydrogens is 544 g/mol. The molecule has 3 aromatic carbocycles. The van der Waals surface area contributed by atoms with Gasteiger partial charge in [-0.2, -0.15) is 0 Å². The van der Waals surface area contributed by atoms with Gasteiger partial charge in [-0.05, 0) is 0 Å². The van der Waals surface area contributed by atoms with Crippen LogP contribution in [0.2, 0.25) is 0 Å². The molecule has 0 aromatic heterocycles. The molecule has 120 valence electrons. The number of hydrogen-bond acceptors (Lipinski definition) is 0. The minimum atomic E-state index is -2.40. The molecule has 0 fully saturated rings. The third kappa shape index (κ3) is 3.81. The third-order valence-electron chi connectivity index (χ3n) is 4.11. The van der Waals surface area contributed by atoms with E-state index in [1.54, 1.807) is 0 Å². The average Bonchev–Trinajstić information content (AvgIpc) is 2.66. The van der Waals surface area contributed by atoms with Crippen molar-refractivity contribution in [3.8, 4) is 0 Å². The molecule has 1 unspecified atom stereocenters. The summed E-state index contributed by atoms with van der Waals surface area (Å²) in [5.41, 5.74) is 0. The van der Waals surface area contributed by atoms with Crippen molar-refractivity contribution in [1.29, 1.82) is 0 Å². The maximum atomic E-state index is 2.74. The van der Waals surface area contributed by atoms with E-state index in [0.29, 0.717) is 0 Å². The summed E-state index contributed by atoms with van der Waals surface area (Å²) in [4.78, 5) is 0. The van der Waals surface area contributed by atoms with Crippen LogP contribution < -0.4 is 15.9 Å². The Bertz CT molecular complexity index is 626. The average molecular weight is 564 g/mol. The minimum absolute atomic E-state index is 1.42. The maximum Gasteiger partial charge on any atom is -0.0610 e. The molecular formula is C19H20I2P2. The Kier molecular flexibility index (Phi) is 7.03. The van der Waals surface area contributed by atoms with Gasteiger partial charge in [-0.3, -0.25) is 0 Å². The summed E-state index contributed by atoms with van der Waals surface area (Å²) < 4.78 is -2.40. The number of hydrogen-bond donors (Lipinski definition) is 0. The van der Waals surface area contributed by atoms with Gasteiger partial charge in [-0.1, -0.05) is 28.9 Å². The molecule has 0 saturated carbocycles. The summed E-state index contributed by atoms with van der Waals surface area (Å²) in [7, 11) is 0. The van der Waals surface area contributed by atoms with Crippen LogP contribution in [-0.2, 0) is 0 Å². The van der Waals surface area contributed by atoms with Gasteiger partial charge in [0, 0.05) is 0 Å². The normalized spacial score (nSPS) is 12.4. The largest absolute Gasteiger partial charge is 0.0702 e. The molecule has 0 nitrogen and oxygen atoms in total. The quantitative estimate of drug-likeness (QED) is 0.283. The van der Waals surface area contributed by atoms with Crippen molar-refractivity contribution in [3.63, 3.8) is 0 Å². The summed E-state index contributed by atoms with van der Waals surface area (Å²) >= 11 is 4.80. The van der Waals surface area contributed by atoms with Gasteiger partial charge in [0.1, 0.15) is 0 Å². The van der Waals surface area contributed by atoms with Crippen molar-refractivity contribution in [1.82, 2.24) is 0 Å². The zero-order valence-electron chi connectivity index (χ0n) is 12.9. The molecule has 0 spiro atoms. The Balaban J connectivity index is 0.000000924. The minimum Gasteiger partial charge on any atom is -0.0702 e. The SMILES string of the molecule is CP(I)(c1ccccc1)(c1ccccc1)c1ccccc1.PI. The molecule has 4 heteroatoms. The van der Waals surface area contributed by atoms with Gasteiger partial charge in [0.05, 0.1) is 0 Å². The molecule has 0 radical (unpaired) electrons. The van der Waals surface area contributed by atoms with Crippen LogP contribution in [0.5, 0.6) is 0 Å². The van der Waals surface area contributed by atoms with Crippen LogP contribution >= 0.6 is 55.2 Å². The smallest absolute Gasteiger partial charge is 0.0610 e. The second-order valence-electron chi connectivity index (χ2n) is 5.44. The fourth-order valence-electron chi connectivity index (χ4n) is 2.79. The standard InChI is InChI=1S/C19H18IP.H2IP/c1-21(20,17-11-5-2-6-12-17,18-13-7-3-8-14-18)19-15-9-4-10-16-19;1-2/h2-16H,1H3;2H2. The number of rotatable bonds is 3. The van der Waals surface area contributed by atoms with E-state index in [2.05, 4.69) is 149 Å².